The van der Waals surface area contributed by atoms with Crippen LogP contribution in [0.3, 0.4) is 0 Å². The third-order valence-corrected chi connectivity index (χ3v) is 4.52. The van der Waals surface area contributed by atoms with Gasteiger partial charge in [-0.15, -0.1) is 0 Å². The molecule has 1 aromatic heterocycles. The molecule has 0 saturated heterocycles. The summed E-state index contributed by atoms with van der Waals surface area (Å²) in [5.74, 6) is -1.57. The van der Waals surface area contributed by atoms with Crippen LogP contribution in [-0.2, 0) is 9.84 Å². The van der Waals surface area contributed by atoms with Crippen molar-refractivity contribution in [2.75, 3.05) is 6.26 Å². The van der Waals surface area contributed by atoms with Gasteiger partial charge in [0, 0.05) is 34.6 Å². The van der Waals surface area contributed by atoms with Crippen molar-refractivity contribution in [2.45, 2.75) is 4.90 Å². The molecule has 2 amide bonds. The van der Waals surface area contributed by atoms with Crippen molar-refractivity contribution < 1.29 is 22.9 Å². The molecule has 0 saturated carbocycles. The van der Waals surface area contributed by atoms with E-state index in [9.17, 15) is 28.1 Å². The number of carbonyl (C=O) groups excluding carboxylic acids is 2. The Balaban J connectivity index is 2.22. The van der Waals surface area contributed by atoms with Crippen LogP contribution < -0.4 is 10.9 Å². The number of hydrazine groups is 1. The topological polar surface area (TPSA) is 151 Å². The van der Waals surface area contributed by atoms with E-state index in [4.69, 9.17) is 0 Å². The molecule has 0 atom stereocenters. The van der Waals surface area contributed by atoms with Crippen LogP contribution in [0.25, 0.3) is 0 Å². The number of nitro groups is 1. The molecule has 0 bridgehead atoms. The highest BCUT2D eigenvalue weighted by atomic mass is 79.9. The summed E-state index contributed by atoms with van der Waals surface area (Å²) in [5, 5.41) is 10.9. The standard InChI is InChI=1S/C13H11BrN4O6S/c1-25(23,24)10-3-7(2-9(5-10)18(21)22)12(19)16-17-13(20)11-4-8(14)6-15-11/h2-6,15H,1H3,(H,16,19)(H,17,20). The Hall–Kier alpha value is -2.73. The fourth-order valence-corrected chi connectivity index (χ4v) is 2.81. The zero-order chi connectivity index (χ0) is 18.8. The second-order valence-corrected chi connectivity index (χ2v) is 7.82. The maximum atomic E-state index is 12.1. The first-order chi connectivity index (χ1) is 11.6. The number of aromatic amines is 1. The Morgan fingerprint density at radius 2 is 1.80 bits per heavy atom. The van der Waals surface area contributed by atoms with Gasteiger partial charge >= 0.3 is 0 Å². The zero-order valence-electron chi connectivity index (χ0n) is 12.6. The molecule has 0 unspecified atom stereocenters. The van der Waals surface area contributed by atoms with Crippen molar-refractivity contribution in [1.29, 1.82) is 0 Å². The van der Waals surface area contributed by atoms with Crippen LogP contribution >= 0.6 is 15.9 Å². The van der Waals surface area contributed by atoms with Gasteiger partial charge in [0.15, 0.2) is 9.84 Å². The minimum atomic E-state index is -3.77. The summed E-state index contributed by atoms with van der Waals surface area (Å²) in [7, 11) is -3.77. The number of rotatable bonds is 4. The van der Waals surface area contributed by atoms with Crippen LogP contribution in [0.1, 0.15) is 20.8 Å². The molecule has 3 N–H and O–H groups in total. The maximum Gasteiger partial charge on any atom is 0.286 e. The molecule has 0 aliphatic rings. The molecule has 12 heteroatoms. The first-order valence-electron chi connectivity index (χ1n) is 6.52. The molecule has 10 nitrogen and oxygen atoms in total. The molecule has 0 spiro atoms. The molecule has 2 aromatic rings. The molecule has 25 heavy (non-hydrogen) atoms. The number of amides is 2. The number of non-ortho nitro benzene ring substituents is 1. The van der Waals surface area contributed by atoms with E-state index in [-0.39, 0.29) is 16.2 Å². The monoisotopic (exact) mass is 430 g/mol. The van der Waals surface area contributed by atoms with E-state index in [2.05, 4.69) is 31.8 Å². The first kappa shape index (κ1) is 18.6. The third-order valence-electron chi connectivity index (χ3n) is 2.97. The quantitative estimate of drug-likeness (QED) is 0.488. The SMILES string of the molecule is CS(=O)(=O)c1cc(C(=O)NNC(=O)c2cc(Br)c[nH]2)cc([N+](=O)[O-])c1. The molecule has 2 rings (SSSR count). The van der Waals surface area contributed by atoms with Gasteiger partial charge in [-0.05, 0) is 28.1 Å². The van der Waals surface area contributed by atoms with Crippen LogP contribution in [0.2, 0.25) is 0 Å². The number of benzene rings is 1. The average molecular weight is 431 g/mol. The van der Waals surface area contributed by atoms with Gasteiger partial charge in [0.25, 0.3) is 17.5 Å². The summed E-state index contributed by atoms with van der Waals surface area (Å²) in [6, 6.07) is 4.20. The average Bonchev–Trinajstić information content (AvgIpc) is 2.97. The molecule has 0 aliphatic heterocycles. The van der Waals surface area contributed by atoms with Crippen LogP contribution in [-0.4, -0.2) is 36.4 Å². The number of H-pyrrole nitrogens is 1. The molecule has 0 fully saturated rings. The Morgan fingerprint density at radius 3 is 2.32 bits per heavy atom. The third kappa shape index (κ3) is 4.64. The number of nitro benzene ring substituents is 1. The smallest absolute Gasteiger partial charge is 0.286 e. The summed E-state index contributed by atoms with van der Waals surface area (Å²) in [5.41, 5.74) is 3.47. The number of hydrogen-bond acceptors (Lipinski definition) is 6. The van der Waals surface area contributed by atoms with Crippen molar-refractivity contribution in [1.82, 2.24) is 15.8 Å². The Morgan fingerprint density at radius 1 is 1.16 bits per heavy atom. The van der Waals surface area contributed by atoms with Gasteiger partial charge in [-0.1, -0.05) is 0 Å². The van der Waals surface area contributed by atoms with E-state index in [1.54, 1.807) is 0 Å². The Labute approximate surface area is 149 Å². The van der Waals surface area contributed by atoms with Crippen LogP contribution in [0.15, 0.2) is 39.8 Å². The minimum absolute atomic E-state index is 0.156. The van der Waals surface area contributed by atoms with Gasteiger partial charge in [0.2, 0.25) is 0 Å². The summed E-state index contributed by atoms with van der Waals surface area (Å²) >= 11 is 3.15. The van der Waals surface area contributed by atoms with Crippen LogP contribution in [0, 0.1) is 10.1 Å². The Kier molecular flexibility index (Phi) is 5.23. The van der Waals surface area contributed by atoms with Gasteiger partial charge in [0.05, 0.1) is 9.82 Å². The lowest BCUT2D eigenvalue weighted by Crippen LogP contribution is -2.41. The van der Waals surface area contributed by atoms with Crippen LogP contribution in [0.5, 0.6) is 0 Å². The number of carbonyl (C=O) groups is 2. The van der Waals surface area contributed by atoms with Crippen molar-refractivity contribution >= 4 is 43.3 Å². The summed E-state index contributed by atoms with van der Waals surface area (Å²) < 4.78 is 23.8. The fraction of sp³-hybridized carbons (Fsp3) is 0.0769. The predicted octanol–water partition coefficient (Wildman–Crippen LogP) is 1.16. The highest BCUT2D eigenvalue weighted by molar-refractivity contribution is 9.10. The second kappa shape index (κ2) is 7.03. The van der Waals surface area contributed by atoms with Gasteiger partial charge in [-0.3, -0.25) is 30.6 Å². The van der Waals surface area contributed by atoms with Gasteiger partial charge in [0.1, 0.15) is 5.69 Å². The molecule has 0 aliphatic carbocycles. The normalized spacial score (nSPS) is 11.0. The fourth-order valence-electron chi connectivity index (χ4n) is 1.79. The molecule has 132 valence electrons. The number of halogens is 1. The summed E-state index contributed by atoms with van der Waals surface area (Å²) in [6.07, 6.45) is 2.37. The van der Waals surface area contributed by atoms with Crippen molar-refractivity contribution in [3.8, 4) is 0 Å². The number of nitrogens with zero attached hydrogens (tertiary/aromatic N) is 1. The maximum absolute atomic E-state index is 12.1. The summed E-state index contributed by atoms with van der Waals surface area (Å²) in [4.78, 5) is 36.2. The lowest BCUT2D eigenvalue weighted by Gasteiger charge is -2.08. The van der Waals surface area contributed by atoms with E-state index in [0.29, 0.717) is 4.47 Å². The van der Waals surface area contributed by atoms with Gasteiger partial charge in [-0.25, -0.2) is 8.42 Å². The van der Waals surface area contributed by atoms with Crippen molar-refractivity contribution in [2.24, 2.45) is 0 Å². The molecule has 0 radical (unpaired) electrons. The largest absolute Gasteiger partial charge is 0.356 e. The first-order valence-corrected chi connectivity index (χ1v) is 9.20. The summed E-state index contributed by atoms with van der Waals surface area (Å²) in [6.45, 7) is 0. The van der Waals surface area contributed by atoms with E-state index < -0.39 is 32.3 Å². The molecule has 1 aromatic carbocycles. The zero-order valence-corrected chi connectivity index (χ0v) is 15.0. The highest BCUT2D eigenvalue weighted by Crippen LogP contribution is 2.20. The highest BCUT2D eigenvalue weighted by Gasteiger charge is 2.19. The lowest BCUT2D eigenvalue weighted by molar-refractivity contribution is -0.385. The van der Waals surface area contributed by atoms with E-state index in [1.807, 2.05) is 0 Å². The van der Waals surface area contributed by atoms with E-state index in [0.717, 1.165) is 24.5 Å². The molecule has 1 heterocycles. The lowest BCUT2D eigenvalue weighted by atomic mass is 10.2. The van der Waals surface area contributed by atoms with Crippen LogP contribution in [0.4, 0.5) is 5.69 Å². The van der Waals surface area contributed by atoms with Crippen molar-refractivity contribution in [3.63, 3.8) is 0 Å². The van der Waals surface area contributed by atoms with E-state index >= 15 is 0 Å². The molecular weight excluding hydrogens is 420 g/mol. The van der Waals surface area contributed by atoms with Crippen molar-refractivity contribution in [3.05, 3.63) is 56.3 Å². The molecular formula is C13H11BrN4O6S. The second-order valence-electron chi connectivity index (χ2n) is 4.88. The van der Waals surface area contributed by atoms with E-state index in [1.165, 1.54) is 12.3 Å². The number of nitrogens with one attached hydrogen (secondary N) is 3. The number of aromatic nitrogens is 1. The predicted molar refractivity (Wildman–Crippen MR) is 89.6 cm³/mol. The van der Waals surface area contributed by atoms with Gasteiger partial charge in [-0.2, -0.15) is 0 Å². The minimum Gasteiger partial charge on any atom is -0.356 e. The van der Waals surface area contributed by atoms with Gasteiger partial charge < -0.3 is 4.98 Å². The Bertz CT molecular complexity index is 969. The number of hydrogen-bond donors (Lipinski definition) is 3. The number of sulfone groups is 1.